The topological polar surface area (TPSA) is 57.6 Å². The summed E-state index contributed by atoms with van der Waals surface area (Å²) in [5, 5.41) is 8.73. The number of nitrogens with zero attached hydrogens (tertiary/aromatic N) is 1. The van der Waals surface area contributed by atoms with Crippen molar-refractivity contribution in [1.29, 1.82) is 0 Å². The lowest BCUT2D eigenvalue weighted by Gasteiger charge is -2.24. The molecule has 0 aromatic carbocycles. The second-order valence-electron chi connectivity index (χ2n) is 3.90. The number of alkyl halides is 3. The van der Waals surface area contributed by atoms with Gasteiger partial charge in [0.05, 0.1) is 0 Å². The van der Waals surface area contributed by atoms with Gasteiger partial charge in [-0.15, -0.1) is 0 Å². The summed E-state index contributed by atoms with van der Waals surface area (Å²) >= 11 is 0. The van der Waals surface area contributed by atoms with Crippen LogP contribution in [0.5, 0.6) is 0 Å². The summed E-state index contributed by atoms with van der Waals surface area (Å²) in [6.07, 6.45) is -4.37. The number of likely N-dealkylation sites (tertiary alicyclic amines) is 1. The summed E-state index contributed by atoms with van der Waals surface area (Å²) in [5.74, 6) is -3.73. The highest BCUT2D eigenvalue weighted by Gasteiger charge is 2.60. The predicted octanol–water partition coefficient (Wildman–Crippen LogP) is 0.480. The average Bonchev–Trinajstić information content (AvgIpc) is 2.73. The lowest BCUT2D eigenvalue weighted by molar-refractivity contribution is -0.188. The zero-order valence-corrected chi connectivity index (χ0v) is 7.49. The number of carboxylic acids is 1. The van der Waals surface area contributed by atoms with Gasteiger partial charge in [0.25, 0.3) is 0 Å². The molecular formula is C8H8F3NO3. The highest BCUT2D eigenvalue weighted by atomic mass is 19.4. The number of carbonyl (C=O) groups is 2. The van der Waals surface area contributed by atoms with Crippen molar-refractivity contribution in [3.05, 3.63) is 0 Å². The first-order chi connectivity index (χ1) is 6.82. The fourth-order valence-corrected chi connectivity index (χ4v) is 2.15. The molecule has 1 aliphatic carbocycles. The molecule has 2 rings (SSSR count). The Labute approximate surface area is 82.7 Å². The number of hydrogen-bond acceptors (Lipinski definition) is 2. The van der Waals surface area contributed by atoms with Crippen LogP contribution in [0.3, 0.4) is 0 Å². The molecule has 7 heteroatoms. The van der Waals surface area contributed by atoms with E-state index in [1.165, 1.54) is 0 Å². The van der Waals surface area contributed by atoms with Crippen LogP contribution in [0, 0.1) is 11.8 Å². The van der Waals surface area contributed by atoms with Gasteiger partial charge in [-0.05, 0) is 18.3 Å². The first-order valence-corrected chi connectivity index (χ1v) is 4.43. The Morgan fingerprint density at radius 1 is 1.33 bits per heavy atom. The first-order valence-electron chi connectivity index (χ1n) is 4.43. The summed E-state index contributed by atoms with van der Waals surface area (Å²) in [6.45, 7) is -0.0834. The largest absolute Gasteiger partial charge is 0.480 e. The SMILES string of the molecule is O=C(O)[C@@H]1[C@@H]2C[C@@H]2CN1C(=O)C(F)(F)F. The van der Waals surface area contributed by atoms with E-state index >= 15 is 0 Å². The molecule has 2 fully saturated rings. The lowest BCUT2D eigenvalue weighted by Crippen LogP contribution is -2.48. The van der Waals surface area contributed by atoms with Crippen LogP contribution in [0.15, 0.2) is 0 Å². The molecule has 0 spiro atoms. The second-order valence-corrected chi connectivity index (χ2v) is 3.90. The van der Waals surface area contributed by atoms with Gasteiger partial charge in [-0.2, -0.15) is 13.2 Å². The molecule has 1 saturated heterocycles. The summed E-state index contributed by atoms with van der Waals surface area (Å²) in [6, 6.07) is -1.29. The monoisotopic (exact) mass is 223 g/mol. The van der Waals surface area contributed by atoms with E-state index in [2.05, 4.69) is 0 Å². The maximum absolute atomic E-state index is 12.1. The maximum atomic E-state index is 12.1. The molecule has 0 radical (unpaired) electrons. The van der Waals surface area contributed by atoms with Crippen LogP contribution in [-0.4, -0.2) is 40.6 Å². The van der Waals surface area contributed by atoms with Crippen LogP contribution in [-0.2, 0) is 9.59 Å². The van der Waals surface area contributed by atoms with Gasteiger partial charge in [0.1, 0.15) is 6.04 Å². The first kappa shape index (κ1) is 10.3. The number of carbonyl (C=O) groups excluding carboxylic acids is 1. The number of amides is 1. The van der Waals surface area contributed by atoms with Crippen LogP contribution in [0.1, 0.15) is 6.42 Å². The third-order valence-corrected chi connectivity index (χ3v) is 2.91. The zero-order chi connectivity index (χ0) is 11.4. The molecule has 0 bridgehead atoms. The van der Waals surface area contributed by atoms with Gasteiger partial charge in [0.15, 0.2) is 0 Å². The number of aliphatic carboxylic acids is 1. The Hall–Kier alpha value is -1.27. The zero-order valence-electron chi connectivity index (χ0n) is 7.49. The fraction of sp³-hybridized carbons (Fsp3) is 0.750. The van der Waals surface area contributed by atoms with Gasteiger partial charge in [-0.1, -0.05) is 0 Å². The van der Waals surface area contributed by atoms with Gasteiger partial charge >= 0.3 is 18.1 Å². The molecule has 0 aromatic rings. The Kier molecular flexibility index (Phi) is 1.96. The van der Waals surface area contributed by atoms with E-state index in [9.17, 15) is 22.8 Å². The summed E-state index contributed by atoms with van der Waals surface area (Å²) in [7, 11) is 0. The molecule has 2 aliphatic rings. The third-order valence-electron chi connectivity index (χ3n) is 2.91. The standard InChI is InChI=1S/C8H8F3NO3/c9-8(10,11)7(15)12-2-3-1-4(3)5(12)6(13)14/h3-5H,1-2H2,(H,13,14)/t3-,4-,5+/m1/s1. The number of rotatable bonds is 1. The number of fused-ring (bicyclic) bond motifs is 1. The quantitative estimate of drug-likeness (QED) is 0.703. The van der Waals surface area contributed by atoms with Gasteiger partial charge in [-0.3, -0.25) is 4.79 Å². The average molecular weight is 223 g/mol. The Morgan fingerprint density at radius 3 is 2.40 bits per heavy atom. The molecule has 84 valence electrons. The molecule has 0 aromatic heterocycles. The van der Waals surface area contributed by atoms with E-state index in [1.54, 1.807) is 0 Å². The smallest absolute Gasteiger partial charge is 0.471 e. The van der Waals surface area contributed by atoms with Crippen molar-refractivity contribution < 1.29 is 27.9 Å². The molecular weight excluding hydrogens is 215 g/mol. The van der Waals surface area contributed by atoms with Crippen molar-refractivity contribution in [3.8, 4) is 0 Å². The fourth-order valence-electron chi connectivity index (χ4n) is 2.15. The van der Waals surface area contributed by atoms with Crippen molar-refractivity contribution in [2.75, 3.05) is 6.54 Å². The summed E-state index contributed by atoms with van der Waals surface area (Å²) < 4.78 is 36.3. The highest BCUT2D eigenvalue weighted by molar-refractivity contribution is 5.88. The van der Waals surface area contributed by atoms with Crippen molar-refractivity contribution in [1.82, 2.24) is 4.90 Å². The third kappa shape index (κ3) is 1.55. The maximum Gasteiger partial charge on any atom is 0.471 e. The Balaban J connectivity index is 2.16. The van der Waals surface area contributed by atoms with E-state index in [0.717, 1.165) is 0 Å². The van der Waals surface area contributed by atoms with Crippen molar-refractivity contribution in [2.45, 2.75) is 18.6 Å². The van der Waals surface area contributed by atoms with E-state index in [-0.39, 0.29) is 18.4 Å². The van der Waals surface area contributed by atoms with Crippen molar-refractivity contribution >= 4 is 11.9 Å². The second kappa shape index (κ2) is 2.86. The van der Waals surface area contributed by atoms with Crippen LogP contribution in [0.25, 0.3) is 0 Å². The molecule has 1 saturated carbocycles. The number of carboxylic acid groups (broad SMARTS) is 1. The molecule has 1 heterocycles. The number of piperidine rings is 1. The van der Waals surface area contributed by atoms with Crippen LogP contribution >= 0.6 is 0 Å². The number of hydrogen-bond donors (Lipinski definition) is 1. The minimum absolute atomic E-state index is 0.0580. The van der Waals surface area contributed by atoms with Crippen LogP contribution in [0.4, 0.5) is 13.2 Å². The van der Waals surface area contributed by atoms with E-state index < -0.39 is 24.1 Å². The predicted molar refractivity (Wildman–Crippen MR) is 40.8 cm³/mol. The van der Waals surface area contributed by atoms with E-state index in [1.807, 2.05) is 0 Å². The van der Waals surface area contributed by atoms with Crippen molar-refractivity contribution in [2.24, 2.45) is 11.8 Å². The highest BCUT2D eigenvalue weighted by Crippen LogP contribution is 2.50. The molecule has 1 amide bonds. The molecule has 1 aliphatic heterocycles. The Bertz CT molecular complexity index is 328. The van der Waals surface area contributed by atoms with Gasteiger partial charge in [0, 0.05) is 6.54 Å². The lowest BCUT2D eigenvalue weighted by atomic mass is 10.2. The minimum atomic E-state index is -4.98. The van der Waals surface area contributed by atoms with Crippen molar-refractivity contribution in [3.63, 3.8) is 0 Å². The van der Waals surface area contributed by atoms with Crippen LogP contribution < -0.4 is 0 Å². The van der Waals surface area contributed by atoms with Crippen LogP contribution in [0.2, 0.25) is 0 Å². The van der Waals surface area contributed by atoms with Gasteiger partial charge in [-0.25, -0.2) is 4.79 Å². The van der Waals surface area contributed by atoms with E-state index in [0.29, 0.717) is 11.3 Å². The summed E-state index contributed by atoms with van der Waals surface area (Å²) in [4.78, 5) is 22.0. The minimum Gasteiger partial charge on any atom is -0.480 e. The molecule has 1 N–H and O–H groups in total. The molecule has 15 heavy (non-hydrogen) atoms. The Morgan fingerprint density at radius 2 is 1.93 bits per heavy atom. The van der Waals surface area contributed by atoms with Gasteiger partial charge in [0.2, 0.25) is 0 Å². The summed E-state index contributed by atoms with van der Waals surface area (Å²) in [5.41, 5.74) is 0. The molecule has 4 nitrogen and oxygen atoms in total. The normalized spacial score (nSPS) is 33.8. The van der Waals surface area contributed by atoms with E-state index in [4.69, 9.17) is 5.11 Å². The molecule has 0 unspecified atom stereocenters. The van der Waals surface area contributed by atoms with Gasteiger partial charge < -0.3 is 10.0 Å². The molecule has 3 atom stereocenters. The number of halogens is 3.